The average Bonchev–Trinajstić information content (AvgIpc) is 2.96. The van der Waals surface area contributed by atoms with Gasteiger partial charge in [0.05, 0.1) is 6.26 Å². The largest absolute Gasteiger partial charge is 0.475 e. The first-order valence-electron chi connectivity index (χ1n) is 6.37. The summed E-state index contributed by atoms with van der Waals surface area (Å²) in [4.78, 5) is 11.0. The number of carboxylic acids is 1. The number of carboxylic acid groups (broad SMARTS) is 1. The Bertz CT molecular complexity index is 810. The Balaban J connectivity index is 1.91. The Kier molecular flexibility index (Phi) is 3.66. The lowest BCUT2D eigenvalue weighted by molar-refractivity contribution is 0.0661. The van der Waals surface area contributed by atoms with Crippen LogP contribution in [0.5, 0.6) is 0 Å². The Hall–Kier alpha value is -2.27. The SMILES string of the molecule is O=C(O)c1occc1CNc1ccc(Br)c2ccccc12. The lowest BCUT2D eigenvalue weighted by Crippen LogP contribution is -2.05. The van der Waals surface area contributed by atoms with Crippen molar-refractivity contribution < 1.29 is 14.3 Å². The van der Waals surface area contributed by atoms with Crippen LogP contribution < -0.4 is 5.32 Å². The van der Waals surface area contributed by atoms with Gasteiger partial charge in [0, 0.05) is 27.7 Å². The molecule has 0 aliphatic heterocycles. The maximum absolute atomic E-state index is 11.0. The Morgan fingerprint density at radius 3 is 2.67 bits per heavy atom. The molecule has 0 aliphatic rings. The number of carbonyl (C=O) groups is 1. The summed E-state index contributed by atoms with van der Waals surface area (Å²) in [6, 6.07) is 13.6. The van der Waals surface area contributed by atoms with E-state index in [0.717, 1.165) is 20.9 Å². The lowest BCUT2D eigenvalue weighted by Gasteiger charge is -2.10. The zero-order valence-corrected chi connectivity index (χ0v) is 12.6. The number of nitrogens with one attached hydrogen (secondary N) is 1. The predicted molar refractivity (Wildman–Crippen MR) is 84.6 cm³/mol. The lowest BCUT2D eigenvalue weighted by atomic mass is 10.1. The second-order valence-corrected chi connectivity index (χ2v) is 5.43. The molecule has 0 atom stereocenters. The van der Waals surface area contributed by atoms with Crippen molar-refractivity contribution in [1.82, 2.24) is 0 Å². The van der Waals surface area contributed by atoms with Crippen LogP contribution in [0.4, 0.5) is 5.69 Å². The van der Waals surface area contributed by atoms with Crippen molar-refractivity contribution in [3.63, 3.8) is 0 Å². The van der Waals surface area contributed by atoms with E-state index in [1.54, 1.807) is 6.07 Å². The van der Waals surface area contributed by atoms with Gasteiger partial charge >= 0.3 is 5.97 Å². The van der Waals surface area contributed by atoms with E-state index in [4.69, 9.17) is 9.52 Å². The van der Waals surface area contributed by atoms with Crippen molar-refractivity contribution in [2.75, 3.05) is 5.32 Å². The molecule has 5 heteroatoms. The van der Waals surface area contributed by atoms with Gasteiger partial charge < -0.3 is 14.8 Å². The third kappa shape index (κ3) is 2.64. The summed E-state index contributed by atoms with van der Waals surface area (Å²) in [5.41, 5.74) is 1.57. The van der Waals surface area contributed by atoms with E-state index in [9.17, 15) is 4.79 Å². The van der Waals surface area contributed by atoms with Crippen LogP contribution in [0, 0.1) is 0 Å². The minimum atomic E-state index is -1.06. The Labute approximate surface area is 129 Å². The van der Waals surface area contributed by atoms with Crippen molar-refractivity contribution in [1.29, 1.82) is 0 Å². The van der Waals surface area contributed by atoms with Gasteiger partial charge in [0.2, 0.25) is 5.76 Å². The van der Waals surface area contributed by atoms with E-state index in [1.807, 2.05) is 36.4 Å². The van der Waals surface area contributed by atoms with E-state index >= 15 is 0 Å². The molecule has 2 N–H and O–H groups in total. The van der Waals surface area contributed by atoms with Crippen LogP contribution in [0.1, 0.15) is 16.1 Å². The van der Waals surface area contributed by atoms with Gasteiger partial charge in [0.15, 0.2) is 0 Å². The Morgan fingerprint density at radius 2 is 1.90 bits per heavy atom. The summed E-state index contributed by atoms with van der Waals surface area (Å²) in [5.74, 6) is -1.08. The second-order valence-electron chi connectivity index (χ2n) is 4.57. The number of halogens is 1. The van der Waals surface area contributed by atoms with Crippen LogP contribution >= 0.6 is 15.9 Å². The van der Waals surface area contributed by atoms with Crippen LogP contribution in [0.25, 0.3) is 10.8 Å². The third-order valence-corrected chi connectivity index (χ3v) is 3.97. The molecule has 0 amide bonds. The first kappa shape index (κ1) is 13.7. The molecule has 3 rings (SSSR count). The van der Waals surface area contributed by atoms with Crippen molar-refractivity contribution in [3.05, 3.63) is 64.5 Å². The van der Waals surface area contributed by atoms with E-state index in [0.29, 0.717) is 12.1 Å². The molecule has 0 radical (unpaired) electrons. The number of aromatic carboxylic acids is 1. The van der Waals surface area contributed by atoms with Gasteiger partial charge in [-0.3, -0.25) is 0 Å². The maximum Gasteiger partial charge on any atom is 0.372 e. The fraction of sp³-hybridized carbons (Fsp3) is 0.0625. The van der Waals surface area contributed by atoms with Gasteiger partial charge in [0.25, 0.3) is 0 Å². The quantitative estimate of drug-likeness (QED) is 0.730. The molecular formula is C16H12BrNO3. The molecule has 2 aromatic carbocycles. The van der Waals surface area contributed by atoms with Crippen molar-refractivity contribution in [2.45, 2.75) is 6.54 Å². The van der Waals surface area contributed by atoms with Crippen LogP contribution in [-0.4, -0.2) is 11.1 Å². The molecule has 1 aromatic heterocycles. The number of rotatable bonds is 4. The molecule has 4 nitrogen and oxygen atoms in total. The monoisotopic (exact) mass is 345 g/mol. The normalized spacial score (nSPS) is 10.7. The standard InChI is InChI=1S/C16H12BrNO3/c17-13-5-6-14(12-4-2-1-3-11(12)13)18-9-10-7-8-21-15(10)16(19)20/h1-8,18H,9H2,(H,19,20). The van der Waals surface area contributed by atoms with Crippen LogP contribution in [0.2, 0.25) is 0 Å². The van der Waals surface area contributed by atoms with Gasteiger partial charge in [-0.25, -0.2) is 4.79 Å². The van der Waals surface area contributed by atoms with Crippen molar-refractivity contribution in [3.8, 4) is 0 Å². The van der Waals surface area contributed by atoms with Gasteiger partial charge in [-0.1, -0.05) is 40.2 Å². The molecule has 0 unspecified atom stereocenters. The van der Waals surface area contributed by atoms with Gasteiger partial charge in [0.1, 0.15) is 0 Å². The van der Waals surface area contributed by atoms with Crippen molar-refractivity contribution in [2.24, 2.45) is 0 Å². The van der Waals surface area contributed by atoms with Gasteiger partial charge in [-0.05, 0) is 23.6 Å². The molecule has 1 heterocycles. The zero-order chi connectivity index (χ0) is 14.8. The maximum atomic E-state index is 11.0. The minimum Gasteiger partial charge on any atom is -0.475 e. The summed E-state index contributed by atoms with van der Waals surface area (Å²) in [7, 11) is 0. The molecule has 3 aromatic rings. The fourth-order valence-corrected chi connectivity index (χ4v) is 2.75. The highest BCUT2D eigenvalue weighted by atomic mass is 79.9. The Morgan fingerprint density at radius 1 is 1.14 bits per heavy atom. The zero-order valence-electron chi connectivity index (χ0n) is 11.0. The highest BCUT2D eigenvalue weighted by molar-refractivity contribution is 9.10. The first-order valence-corrected chi connectivity index (χ1v) is 7.17. The van der Waals surface area contributed by atoms with Gasteiger partial charge in [-0.2, -0.15) is 0 Å². The molecule has 106 valence electrons. The molecular weight excluding hydrogens is 334 g/mol. The van der Waals surface area contributed by atoms with E-state index < -0.39 is 5.97 Å². The first-order chi connectivity index (χ1) is 10.2. The number of anilines is 1. The molecule has 0 spiro atoms. The number of hydrogen-bond acceptors (Lipinski definition) is 3. The smallest absolute Gasteiger partial charge is 0.372 e. The molecule has 0 saturated heterocycles. The highest BCUT2D eigenvalue weighted by Crippen LogP contribution is 2.30. The van der Waals surface area contributed by atoms with E-state index in [-0.39, 0.29) is 5.76 Å². The molecule has 0 aliphatic carbocycles. The summed E-state index contributed by atoms with van der Waals surface area (Å²) in [6.07, 6.45) is 1.39. The van der Waals surface area contributed by atoms with Crippen LogP contribution in [0.3, 0.4) is 0 Å². The summed E-state index contributed by atoms with van der Waals surface area (Å²) in [5, 5.41) is 14.5. The van der Waals surface area contributed by atoms with Crippen molar-refractivity contribution >= 4 is 38.4 Å². The summed E-state index contributed by atoms with van der Waals surface area (Å²) in [6.45, 7) is 0.393. The second kappa shape index (κ2) is 5.61. The number of fused-ring (bicyclic) bond motifs is 1. The number of benzene rings is 2. The molecule has 0 bridgehead atoms. The van der Waals surface area contributed by atoms with E-state index in [2.05, 4.69) is 21.2 Å². The number of hydrogen-bond donors (Lipinski definition) is 2. The minimum absolute atomic E-state index is 0.0242. The van der Waals surface area contributed by atoms with Crippen LogP contribution in [0.15, 0.2) is 57.6 Å². The van der Waals surface area contributed by atoms with E-state index in [1.165, 1.54) is 6.26 Å². The molecule has 0 saturated carbocycles. The predicted octanol–water partition coefficient (Wildman–Crippen LogP) is 4.51. The highest BCUT2D eigenvalue weighted by Gasteiger charge is 2.13. The average molecular weight is 346 g/mol. The third-order valence-electron chi connectivity index (χ3n) is 3.28. The van der Waals surface area contributed by atoms with Crippen LogP contribution in [-0.2, 0) is 6.54 Å². The van der Waals surface area contributed by atoms with Gasteiger partial charge in [-0.15, -0.1) is 0 Å². The summed E-state index contributed by atoms with van der Waals surface area (Å²) < 4.78 is 6.00. The number of furan rings is 1. The topological polar surface area (TPSA) is 62.5 Å². The summed E-state index contributed by atoms with van der Waals surface area (Å²) >= 11 is 3.53. The fourth-order valence-electron chi connectivity index (χ4n) is 2.27. The molecule has 0 fully saturated rings. The molecule has 21 heavy (non-hydrogen) atoms.